The zero-order valence-electron chi connectivity index (χ0n) is 7.74. The van der Waals surface area contributed by atoms with Crippen LogP contribution in [0.3, 0.4) is 0 Å². The summed E-state index contributed by atoms with van der Waals surface area (Å²) >= 11 is 3.33. The topological polar surface area (TPSA) is 33.2 Å². The minimum absolute atomic E-state index is 0.306. The number of ketones is 1. The molecule has 0 bridgehead atoms. The van der Waals surface area contributed by atoms with Crippen LogP contribution in [0.15, 0.2) is 22.8 Å². The van der Waals surface area contributed by atoms with Crippen LogP contribution in [-0.4, -0.2) is 23.9 Å². The molecule has 74 valence electrons. The molecule has 0 aromatic carbocycles. The third kappa shape index (κ3) is 2.12. The fourth-order valence-corrected chi connectivity index (χ4v) is 1.82. The minimum atomic E-state index is 0.306. The lowest BCUT2D eigenvalue weighted by atomic mass is 10.1. The standard InChI is InChI=1S/C10H11BrN2O/c11-8-3-4-10(12-6-8)13-5-1-2-9(14)7-13/h3-4,6H,1-2,5,7H2. The molecule has 1 aliphatic rings. The Kier molecular flexibility index (Phi) is 2.82. The Morgan fingerprint density at radius 2 is 2.29 bits per heavy atom. The van der Waals surface area contributed by atoms with Crippen LogP contribution in [0.5, 0.6) is 0 Å². The number of hydrogen-bond donors (Lipinski definition) is 0. The van der Waals surface area contributed by atoms with Crippen molar-refractivity contribution in [3.8, 4) is 0 Å². The van der Waals surface area contributed by atoms with Crippen LogP contribution < -0.4 is 4.90 Å². The van der Waals surface area contributed by atoms with E-state index in [1.54, 1.807) is 6.20 Å². The van der Waals surface area contributed by atoms with Gasteiger partial charge in [-0.25, -0.2) is 4.98 Å². The normalized spacial score (nSPS) is 17.2. The van der Waals surface area contributed by atoms with E-state index in [2.05, 4.69) is 20.9 Å². The fraction of sp³-hybridized carbons (Fsp3) is 0.400. The lowest BCUT2D eigenvalue weighted by molar-refractivity contribution is -0.118. The van der Waals surface area contributed by atoms with Crippen LogP contribution in [0.2, 0.25) is 0 Å². The minimum Gasteiger partial charge on any atom is -0.349 e. The Labute approximate surface area is 91.3 Å². The summed E-state index contributed by atoms with van der Waals surface area (Å²) in [4.78, 5) is 17.5. The maximum atomic E-state index is 11.2. The van der Waals surface area contributed by atoms with E-state index in [0.29, 0.717) is 18.7 Å². The highest BCUT2D eigenvalue weighted by atomic mass is 79.9. The predicted octanol–water partition coefficient (Wildman–Crippen LogP) is 2.01. The van der Waals surface area contributed by atoms with Crippen LogP contribution >= 0.6 is 15.9 Å². The monoisotopic (exact) mass is 254 g/mol. The number of halogens is 1. The molecule has 0 atom stereocenters. The molecule has 2 rings (SSSR count). The number of aromatic nitrogens is 1. The van der Waals surface area contributed by atoms with Crippen LogP contribution in [0.25, 0.3) is 0 Å². The van der Waals surface area contributed by atoms with Crippen LogP contribution in [0, 0.1) is 0 Å². The van der Waals surface area contributed by atoms with Crippen molar-refractivity contribution in [3.63, 3.8) is 0 Å². The van der Waals surface area contributed by atoms with Crippen molar-refractivity contribution in [1.29, 1.82) is 0 Å². The Morgan fingerprint density at radius 1 is 1.43 bits per heavy atom. The molecule has 1 aromatic heterocycles. The summed E-state index contributed by atoms with van der Waals surface area (Å²) in [5.41, 5.74) is 0. The van der Waals surface area contributed by atoms with Crippen molar-refractivity contribution in [2.24, 2.45) is 0 Å². The number of anilines is 1. The molecule has 0 radical (unpaired) electrons. The second kappa shape index (κ2) is 4.09. The van der Waals surface area contributed by atoms with Gasteiger partial charge < -0.3 is 4.90 Å². The number of nitrogens with zero attached hydrogens (tertiary/aromatic N) is 2. The number of carbonyl (C=O) groups excluding carboxylic acids is 1. The van der Waals surface area contributed by atoms with Gasteiger partial charge >= 0.3 is 0 Å². The molecule has 0 N–H and O–H groups in total. The summed E-state index contributed by atoms with van der Waals surface area (Å²) in [6.45, 7) is 1.44. The molecule has 1 fully saturated rings. The van der Waals surface area contributed by atoms with E-state index in [1.165, 1.54) is 0 Å². The summed E-state index contributed by atoms with van der Waals surface area (Å²) in [5.74, 6) is 1.20. The van der Waals surface area contributed by atoms with Crippen molar-refractivity contribution < 1.29 is 4.79 Å². The summed E-state index contributed by atoms with van der Waals surface area (Å²) in [5, 5.41) is 0. The molecule has 1 aliphatic heterocycles. The van der Waals surface area contributed by atoms with Crippen molar-refractivity contribution in [2.75, 3.05) is 18.0 Å². The Morgan fingerprint density at radius 3 is 2.93 bits per heavy atom. The molecule has 3 nitrogen and oxygen atoms in total. The molecule has 14 heavy (non-hydrogen) atoms. The fourth-order valence-electron chi connectivity index (χ4n) is 1.59. The SMILES string of the molecule is O=C1CCCN(c2ccc(Br)cn2)C1. The first kappa shape index (κ1) is 9.65. The largest absolute Gasteiger partial charge is 0.349 e. The number of piperidine rings is 1. The van der Waals surface area contributed by atoms with E-state index in [0.717, 1.165) is 23.3 Å². The molecule has 1 saturated heterocycles. The average molecular weight is 255 g/mol. The van der Waals surface area contributed by atoms with Crippen molar-refractivity contribution in [3.05, 3.63) is 22.8 Å². The van der Waals surface area contributed by atoms with Gasteiger partial charge in [-0.2, -0.15) is 0 Å². The molecule has 0 aliphatic carbocycles. The molecule has 1 aromatic rings. The molecule has 0 spiro atoms. The van der Waals surface area contributed by atoms with Crippen LogP contribution in [0.4, 0.5) is 5.82 Å². The smallest absolute Gasteiger partial charge is 0.152 e. The highest BCUT2D eigenvalue weighted by molar-refractivity contribution is 9.10. The van der Waals surface area contributed by atoms with Gasteiger partial charge in [-0.1, -0.05) is 0 Å². The number of rotatable bonds is 1. The van der Waals surface area contributed by atoms with E-state index in [9.17, 15) is 4.79 Å². The second-order valence-electron chi connectivity index (χ2n) is 3.40. The van der Waals surface area contributed by atoms with E-state index >= 15 is 0 Å². The van der Waals surface area contributed by atoms with E-state index in [4.69, 9.17) is 0 Å². The average Bonchev–Trinajstić information content (AvgIpc) is 2.19. The predicted molar refractivity (Wildman–Crippen MR) is 58.4 cm³/mol. The van der Waals surface area contributed by atoms with Gasteiger partial charge in [0.15, 0.2) is 5.78 Å². The number of hydrogen-bond acceptors (Lipinski definition) is 3. The van der Waals surface area contributed by atoms with Gasteiger partial charge in [-0.15, -0.1) is 0 Å². The van der Waals surface area contributed by atoms with Crippen molar-refractivity contribution in [2.45, 2.75) is 12.8 Å². The first-order chi connectivity index (χ1) is 6.75. The number of carbonyl (C=O) groups is 1. The first-order valence-electron chi connectivity index (χ1n) is 4.64. The summed E-state index contributed by atoms with van der Waals surface area (Å²) < 4.78 is 0.963. The van der Waals surface area contributed by atoms with Gasteiger partial charge in [0.1, 0.15) is 5.82 Å². The van der Waals surface area contributed by atoms with Crippen molar-refractivity contribution >= 4 is 27.5 Å². The van der Waals surface area contributed by atoms with Crippen LogP contribution in [0.1, 0.15) is 12.8 Å². The Hall–Kier alpha value is -0.900. The maximum Gasteiger partial charge on any atom is 0.152 e. The molecule has 4 heteroatoms. The van der Waals surface area contributed by atoms with E-state index in [-0.39, 0.29) is 0 Å². The molecule has 0 saturated carbocycles. The lowest BCUT2D eigenvalue weighted by Crippen LogP contribution is -2.35. The van der Waals surface area contributed by atoms with E-state index in [1.807, 2.05) is 17.0 Å². The quantitative estimate of drug-likeness (QED) is 0.769. The highest BCUT2D eigenvalue weighted by Crippen LogP contribution is 2.17. The maximum absolute atomic E-state index is 11.2. The number of Topliss-reactive ketones (excluding diaryl/α,β-unsaturated/α-hetero) is 1. The van der Waals surface area contributed by atoms with Crippen LogP contribution in [-0.2, 0) is 4.79 Å². The Balaban J connectivity index is 2.14. The molecular weight excluding hydrogens is 244 g/mol. The zero-order chi connectivity index (χ0) is 9.97. The van der Waals surface area contributed by atoms with Gasteiger partial charge in [0.05, 0.1) is 6.54 Å². The van der Waals surface area contributed by atoms with Crippen molar-refractivity contribution in [1.82, 2.24) is 4.98 Å². The summed E-state index contributed by atoms with van der Waals surface area (Å²) in [6.07, 6.45) is 3.41. The van der Waals surface area contributed by atoms with Gasteiger partial charge in [0.25, 0.3) is 0 Å². The molecular formula is C10H11BrN2O. The van der Waals surface area contributed by atoms with Gasteiger partial charge in [-0.3, -0.25) is 4.79 Å². The number of pyridine rings is 1. The van der Waals surface area contributed by atoms with E-state index < -0.39 is 0 Å². The zero-order valence-corrected chi connectivity index (χ0v) is 9.33. The molecule has 2 heterocycles. The summed E-state index contributed by atoms with van der Waals surface area (Å²) in [6, 6.07) is 3.88. The van der Waals surface area contributed by atoms with Gasteiger partial charge in [0, 0.05) is 23.6 Å². The first-order valence-corrected chi connectivity index (χ1v) is 5.43. The second-order valence-corrected chi connectivity index (χ2v) is 4.31. The Bertz CT molecular complexity index is 336. The lowest BCUT2D eigenvalue weighted by Gasteiger charge is -2.26. The van der Waals surface area contributed by atoms with Gasteiger partial charge in [0.2, 0.25) is 0 Å². The summed E-state index contributed by atoms with van der Waals surface area (Å²) in [7, 11) is 0. The van der Waals surface area contributed by atoms with Gasteiger partial charge in [-0.05, 0) is 34.5 Å². The third-order valence-corrected chi connectivity index (χ3v) is 2.76. The highest BCUT2D eigenvalue weighted by Gasteiger charge is 2.17. The molecule has 0 amide bonds. The molecule has 0 unspecified atom stereocenters. The third-order valence-electron chi connectivity index (χ3n) is 2.29.